The normalized spacial score (nSPS) is 41.2. The molecule has 3 N–H and O–H groups in total. The number of carbonyl (C=O) groups excluding carboxylic acids is 4. The average Bonchev–Trinajstić information content (AvgIpc) is 4.08. The first-order chi connectivity index (χ1) is 27.6. The predicted molar refractivity (Wildman–Crippen MR) is 208 cm³/mol. The number of alkyl halides is 2. The van der Waals surface area contributed by atoms with Crippen LogP contribution >= 0.6 is 0 Å². The van der Waals surface area contributed by atoms with Gasteiger partial charge < -0.3 is 39.4 Å². The van der Waals surface area contributed by atoms with Gasteiger partial charge in [-0.05, 0) is 97.9 Å². The summed E-state index contributed by atoms with van der Waals surface area (Å²) in [6, 6.07) is -2.37. The minimum Gasteiger partial charge on any atom is -0.458 e. The topological polar surface area (TPSA) is 151 Å². The number of halogens is 2. The van der Waals surface area contributed by atoms with Crippen molar-refractivity contribution in [3.05, 3.63) is 0 Å². The maximum atomic E-state index is 17.1. The van der Waals surface area contributed by atoms with E-state index in [0.717, 1.165) is 25.7 Å². The van der Waals surface area contributed by atoms with Gasteiger partial charge in [0.25, 0.3) is 0 Å². The van der Waals surface area contributed by atoms with Crippen LogP contribution in [-0.4, -0.2) is 144 Å². The lowest BCUT2D eigenvalue weighted by Gasteiger charge is -2.60. The van der Waals surface area contributed by atoms with Crippen LogP contribution in [0.15, 0.2) is 0 Å². The predicted octanol–water partition coefficient (Wildman–Crippen LogP) is 4.10. The van der Waals surface area contributed by atoms with Gasteiger partial charge in [-0.25, -0.2) is 18.4 Å². The molecular weight excluding hydrogens is 754 g/mol. The molecule has 8 fully saturated rings. The summed E-state index contributed by atoms with van der Waals surface area (Å²) < 4.78 is 58.6. The summed E-state index contributed by atoms with van der Waals surface area (Å²) in [5.74, 6) is -2.99. The number of carbonyl (C=O) groups is 4. The summed E-state index contributed by atoms with van der Waals surface area (Å²) in [5, 5.41) is 10.6. The molecule has 2 bridgehead atoms. The number of nitrogens with zero attached hydrogens (tertiary/aromatic N) is 3. The Balaban J connectivity index is 1.19. The first kappa shape index (κ1) is 41.9. The van der Waals surface area contributed by atoms with Crippen LogP contribution in [0.25, 0.3) is 0 Å². The zero-order chi connectivity index (χ0) is 41.2. The highest BCUT2D eigenvalue weighted by Gasteiger charge is 2.60. The molecule has 8 rings (SSSR count). The third-order valence-corrected chi connectivity index (χ3v) is 14.1. The Morgan fingerprint density at radius 3 is 2.26 bits per heavy atom. The summed E-state index contributed by atoms with van der Waals surface area (Å²) in [5.41, 5.74) is -0.652. The van der Waals surface area contributed by atoms with Gasteiger partial charge in [-0.3, -0.25) is 19.8 Å². The lowest BCUT2D eigenvalue weighted by molar-refractivity contribution is -0.195. The molecule has 8 aliphatic rings. The molecule has 13 unspecified atom stereocenters. The Labute approximate surface area is 341 Å². The number of fused-ring (bicyclic) bond motifs is 5. The molecule has 5 saturated heterocycles. The monoisotopic (exact) mass is 820 g/mol. The highest BCUT2D eigenvalue weighted by Crippen LogP contribution is 2.45. The second-order valence-corrected chi connectivity index (χ2v) is 19.9. The molecule has 5 aliphatic heterocycles. The fraction of sp³-hybridized carbons (Fsp3) is 0.905. The molecule has 0 aromatic carbocycles. The zero-order valence-corrected chi connectivity index (χ0v) is 35.1. The van der Waals surface area contributed by atoms with Crippen LogP contribution in [0.4, 0.5) is 18.4 Å². The third-order valence-electron chi connectivity index (χ3n) is 14.1. The van der Waals surface area contributed by atoms with Crippen molar-refractivity contribution < 1.29 is 46.9 Å². The van der Waals surface area contributed by atoms with Gasteiger partial charge in [0, 0.05) is 55.5 Å². The number of piperidine rings is 2. The van der Waals surface area contributed by atoms with Crippen molar-refractivity contribution in [3.63, 3.8) is 0 Å². The second kappa shape index (κ2) is 16.6. The molecule has 0 aromatic rings. The van der Waals surface area contributed by atoms with Crippen LogP contribution < -0.4 is 16.0 Å². The molecule has 0 spiro atoms. The SMILES string of the molecule is CC(C)C1NCCC2C(OC(=O)C3CC3)C(OC(=O)C3CC3)COC3CCCC(F)C3C3NC4C(CC3F)C(N3CCN(C(=O)OC(C)(C)C)C[C@@H]3C)NC(=O)N4C21. The molecule has 5 heterocycles. The van der Waals surface area contributed by atoms with Gasteiger partial charge in [-0.1, -0.05) is 13.8 Å². The highest BCUT2D eigenvalue weighted by atomic mass is 19.1. The summed E-state index contributed by atoms with van der Waals surface area (Å²) in [6.07, 6.45) is -2.37. The summed E-state index contributed by atoms with van der Waals surface area (Å²) in [4.78, 5) is 61.1. The summed E-state index contributed by atoms with van der Waals surface area (Å²) in [6.45, 7) is 13.3. The maximum absolute atomic E-state index is 17.1. The smallest absolute Gasteiger partial charge is 0.410 e. The van der Waals surface area contributed by atoms with E-state index in [1.807, 2.05) is 32.6 Å². The molecule has 58 heavy (non-hydrogen) atoms. The number of hydrogen-bond donors (Lipinski definition) is 3. The Morgan fingerprint density at radius 2 is 1.60 bits per heavy atom. The molecular formula is C42H66F2N6O8. The van der Waals surface area contributed by atoms with E-state index >= 15 is 13.6 Å². The van der Waals surface area contributed by atoms with E-state index in [1.165, 1.54) is 0 Å². The fourth-order valence-corrected chi connectivity index (χ4v) is 11.0. The van der Waals surface area contributed by atoms with E-state index in [0.29, 0.717) is 45.4 Å². The lowest BCUT2D eigenvalue weighted by Crippen LogP contribution is -2.80. The number of urea groups is 1. The second-order valence-electron chi connectivity index (χ2n) is 19.9. The molecule has 14 atom stereocenters. The number of piperazine rings is 1. The molecule has 3 saturated carbocycles. The van der Waals surface area contributed by atoms with Crippen LogP contribution in [0, 0.1) is 35.5 Å². The van der Waals surface area contributed by atoms with Crippen LogP contribution in [0.1, 0.15) is 99.3 Å². The van der Waals surface area contributed by atoms with Gasteiger partial charge in [0.15, 0.2) is 6.10 Å². The molecule has 14 nitrogen and oxygen atoms in total. The number of amides is 3. The first-order valence-electron chi connectivity index (χ1n) is 22.2. The minimum atomic E-state index is -1.45. The van der Waals surface area contributed by atoms with Gasteiger partial charge in [-0.15, -0.1) is 0 Å². The van der Waals surface area contributed by atoms with Crippen molar-refractivity contribution in [1.29, 1.82) is 0 Å². The average molecular weight is 821 g/mol. The lowest BCUT2D eigenvalue weighted by atomic mass is 9.71. The van der Waals surface area contributed by atoms with E-state index in [1.54, 1.807) is 4.90 Å². The Bertz CT molecular complexity index is 1540. The standard InChI is InChI=1S/C42H66F2N6O8/c1-21(2)32-34-25(14-15-45-32)35(57-39(52)24-12-13-24)30(56-38(51)23-10-11-23)20-55-29-9-7-8-27(43)31(29)33-28(44)18-26-36(47-40(53)50(34)37(26)46-33)49-17-16-48(19-22(49)3)41(54)58-42(4,5)6/h21-37,45-46H,7-20H2,1-6H3,(H,47,53)/t22-,25?,26?,27?,28?,29?,30?,31?,32?,33?,34?,35?,36?,37?/m0/s1. The van der Waals surface area contributed by atoms with Crippen LogP contribution in [0.2, 0.25) is 0 Å². The quantitative estimate of drug-likeness (QED) is 0.263. The van der Waals surface area contributed by atoms with Crippen LogP contribution in [0.3, 0.4) is 0 Å². The van der Waals surface area contributed by atoms with Gasteiger partial charge in [0.1, 0.15) is 24.0 Å². The van der Waals surface area contributed by atoms with E-state index < -0.39 is 84.5 Å². The Kier molecular flexibility index (Phi) is 12.0. The van der Waals surface area contributed by atoms with Crippen molar-refractivity contribution in [1.82, 2.24) is 30.7 Å². The number of rotatable bonds is 6. The first-order valence-corrected chi connectivity index (χ1v) is 22.2. The minimum absolute atomic E-state index is 0.0142. The van der Waals surface area contributed by atoms with Crippen molar-refractivity contribution in [2.24, 2.45) is 35.5 Å². The highest BCUT2D eigenvalue weighted by molar-refractivity contribution is 5.77. The Hall–Kier alpha value is -2.82. The van der Waals surface area contributed by atoms with Crippen LogP contribution in [-0.2, 0) is 28.5 Å². The van der Waals surface area contributed by atoms with Gasteiger partial charge in [-0.2, -0.15) is 0 Å². The van der Waals surface area contributed by atoms with Crippen molar-refractivity contribution in [2.45, 2.75) is 172 Å². The van der Waals surface area contributed by atoms with E-state index in [4.69, 9.17) is 18.9 Å². The van der Waals surface area contributed by atoms with E-state index in [-0.39, 0.29) is 67.3 Å². The van der Waals surface area contributed by atoms with Crippen molar-refractivity contribution in [3.8, 4) is 0 Å². The number of ether oxygens (including phenoxy) is 4. The third kappa shape index (κ3) is 8.54. The molecule has 0 aromatic heterocycles. The number of nitrogens with one attached hydrogen (secondary N) is 3. The molecule has 16 heteroatoms. The summed E-state index contributed by atoms with van der Waals surface area (Å²) >= 11 is 0. The summed E-state index contributed by atoms with van der Waals surface area (Å²) in [7, 11) is 0. The number of hydrogen-bond acceptors (Lipinski definition) is 11. The fourth-order valence-electron chi connectivity index (χ4n) is 11.0. The molecule has 326 valence electrons. The van der Waals surface area contributed by atoms with Gasteiger partial charge in [0.05, 0.1) is 42.9 Å². The van der Waals surface area contributed by atoms with Crippen molar-refractivity contribution in [2.75, 3.05) is 32.8 Å². The van der Waals surface area contributed by atoms with Gasteiger partial charge >= 0.3 is 24.1 Å². The molecule has 3 amide bonds. The largest absolute Gasteiger partial charge is 0.458 e. The molecule has 3 aliphatic carbocycles. The zero-order valence-electron chi connectivity index (χ0n) is 35.1. The Morgan fingerprint density at radius 1 is 0.897 bits per heavy atom. The van der Waals surface area contributed by atoms with Gasteiger partial charge in [0.2, 0.25) is 0 Å². The molecule has 0 radical (unpaired) electrons. The number of esters is 2. The maximum Gasteiger partial charge on any atom is 0.410 e. The van der Waals surface area contributed by atoms with E-state index in [9.17, 15) is 14.4 Å². The van der Waals surface area contributed by atoms with E-state index in [2.05, 4.69) is 34.7 Å². The van der Waals surface area contributed by atoms with Crippen LogP contribution in [0.5, 0.6) is 0 Å². The van der Waals surface area contributed by atoms with Crippen molar-refractivity contribution >= 4 is 24.1 Å².